The van der Waals surface area contributed by atoms with Crippen molar-refractivity contribution in [3.63, 3.8) is 0 Å². The fraction of sp³-hybridized carbons (Fsp3) is 0.647. The molecule has 1 saturated heterocycles. The van der Waals surface area contributed by atoms with E-state index in [0.717, 1.165) is 6.54 Å². The number of rotatable bonds is 3. The van der Waals surface area contributed by atoms with Crippen LogP contribution in [-0.4, -0.2) is 20.1 Å². The molecule has 20 heavy (non-hydrogen) atoms. The van der Waals surface area contributed by atoms with Gasteiger partial charge in [-0.1, -0.05) is 28.8 Å². The van der Waals surface area contributed by atoms with Crippen LogP contribution in [-0.2, 0) is 6.54 Å². The largest absolute Gasteiger partial charge is 0.371 e. The van der Waals surface area contributed by atoms with Crippen LogP contribution in [0.25, 0.3) is 0 Å². The van der Waals surface area contributed by atoms with Crippen molar-refractivity contribution in [3.8, 4) is 0 Å². The fourth-order valence-corrected chi connectivity index (χ4v) is 4.45. The molecule has 3 heteroatoms. The van der Waals surface area contributed by atoms with Crippen LogP contribution in [0.2, 0.25) is 0 Å². The lowest BCUT2D eigenvalue weighted by molar-refractivity contribution is 0.226. The summed E-state index contributed by atoms with van der Waals surface area (Å²) in [5, 5.41) is 3.29. The highest BCUT2D eigenvalue weighted by atomic mass is 79.9. The second kappa shape index (κ2) is 6.07. The van der Waals surface area contributed by atoms with E-state index in [1.54, 1.807) is 0 Å². The van der Waals surface area contributed by atoms with Gasteiger partial charge in [0.05, 0.1) is 0 Å². The molecular formula is C17H25BrN2. The van der Waals surface area contributed by atoms with Crippen LogP contribution in [0.15, 0.2) is 22.7 Å². The van der Waals surface area contributed by atoms with E-state index in [1.807, 2.05) is 7.05 Å². The van der Waals surface area contributed by atoms with Crippen LogP contribution >= 0.6 is 15.9 Å². The molecule has 3 rings (SSSR count). The third-order valence-electron chi connectivity index (χ3n) is 5.24. The van der Waals surface area contributed by atoms with Crippen molar-refractivity contribution >= 4 is 21.6 Å². The Kier molecular flexibility index (Phi) is 4.37. The molecule has 2 fully saturated rings. The van der Waals surface area contributed by atoms with Gasteiger partial charge in [-0.15, -0.1) is 0 Å². The van der Waals surface area contributed by atoms with E-state index in [2.05, 4.69) is 44.3 Å². The van der Waals surface area contributed by atoms with Gasteiger partial charge < -0.3 is 10.2 Å². The Labute approximate surface area is 131 Å². The van der Waals surface area contributed by atoms with Gasteiger partial charge in [0.1, 0.15) is 0 Å². The molecule has 2 aliphatic rings. The zero-order valence-corrected chi connectivity index (χ0v) is 14.0. The molecule has 1 aromatic rings. The first-order valence-electron chi connectivity index (χ1n) is 7.90. The van der Waals surface area contributed by atoms with E-state index in [1.165, 1.54) is 67.3 Å². The highest BCUT2D eigenvalue weighted by molar-refractivity contribution is 9.10. The summed E-state index contributed by atoms with van der Waals surface area (Å²) in [7, 11) is 2.02. The normalized spacial score (nSPS) is 21.6. The van der Waals surface area contributed by atoms with E-state index >= 15 is 0 Å². The summed E-state index contributed by atoms with van der Waals surface area (Å²) in [5.74, 6) is 0. The molecule has 0 bridgehead atoms. The minimum absolute atomic E-state index is 0.703. The molecule has 110 valence electrons. The Morgan fingerprint density at radius 3 is 2.50 bits per heavy atom. The van der Waals surface area contributed by atoms with Crippen molar-refractivity contribution in [2.24, 2.45) is 5.41 Å². The van der Waals surface area contributed by atoms with Crippen molar-refractivity contribution < 1.29 is 0 Å². The molecule has 1 N–H and O–H groups in total. The minimum Gasteiger partial charge on any atom is -0.371 e. The van der Waals surface area contributed by atoms with Gasteiger partial charge in [0.2, 0.25) is 0 Å². The molecular weight excluding hydrogens is 312 g/mol. The van der Waals surface area contributed by atoms with E-state index in [-0.39, 0.29) is 0 Å². The molecule has 0 atom stereocenters. The van der Waals surface area contributed by atoms with Gasteiger partial charge in [0.15, 0.2) is 0 Å². The maximum atomic E-state index is 3.59. The Morgan fingerprint density at radius 1 is 1.15 bits per heavy atom. The number of hydrogen-bond donors (Lipinski definition) is 1. The first kappa shape index (κ1) is 14.4. The zero-order valence-electron chi connectivity index (χ0n) is 12.4. The first-order valence-corrected chi connectivity index (χ1v) is 8.70. The predicted molar refractivity (Wildman–Crippen MR) is 89.3 cm³/mol. The summed E-state index contributed by atoms with van der Waals surface area (Å²) in [5.41, 5.74) is 3.54. The summed E-state index contributed by atoms with van der Waals surface area (Å²) >= 11 is 3.59. The lowest BCUT2D eigenvalue weighted by atomic mass is 9.77. The Morgan fingerprint density at radius 2 is 1.85 bits per heavy atom. The van der Waals surface area contributed by atoms with Gasteiger partial charge in [-0.3, -0.25) is 0 Å². The maximum Gasteiger partial charge on any atom is 0.0412 e. The molecule has 0 radical (unpaired) electrons. The molecule has 2 nitrogen and oxygen atoms in total. The molecule has 1 heterocycles. The summed E-state index contributed by atoms with van der Waals surface area (Å²) in [4.78, 5) is 2.60. The molecule has 1 aliphatic carbocycles. The Hall–Kier alpha value is -0.540. The van der Waals surface area contributed by atoms with Crippen molar-refractivity contribution in [3.05, 3.63) is 28.2 Å². The second-order valence-electron chi connectivity index (χ2n) is 6.50. The Bertz CT molecular complexity index is 456. The lowest BCUT2D eigenvalue weighted by Crippen LogP contribution is -2.39. The van der Waals surface area contributed by atoms with Crippen molar-refractivity contribution in [1.29, 1.82) is 0 Å². The molecule has 1 aliphatic heterocycles. The van der Waals surface area contributed by atoms with Crippen LogP contribution in [0.4, 0.5) is 5.69 Å². The van der Waals surface area contributed by atoms with Crippen molar-refractivity contribution in [1.82, 2.24) is 5.32 Å². The summed E-state index contributed by atoms with van der Waals surface area (Å²) in [6.07, 6.45) is 8.66. The topological polar surface area (TPSA) is 15.3 Å². The average molecular weight is 337 g/mol. The van der Waals surface area contributed by atoms with Gasteiger partial charge in [0, 0.05) is 29.8 Å². The number of nitrogens with zero attached hydrogens (tertiary/aromatic N) is 1. The molecule has 1 spiro atoms. The predicted octanol–water partition coefficient (Wildman–Crippen LogP) is 4.33. The lowest BCUT2D eigenvalue weighted by Gasteiger charge is -2.41. The maximum absolute atomic E-state index is 3.59. The summed E-state index contributed by atoms with van der Waals surface area (Å²) in [6, 6.07) is 6.71. The number of halogens is 1. The van der Waals surface area contributed by atoms with E-state index in [0.29, 0.717) is 5.41 Å². The zero-order chi connectivity index (χ0) is 14.0. The number of anilines is 1. The molecule has 0 amide bonds. The number of piperidine rings is 1. The van der Waals surface area contributed by atoms with E-state index in [9.17, 15) is 0 Å². The van der Waals surface area contributed by atoms with Gasteiger partial charge in [-0.2, -0.15) is 0 Å². The van der Waals surface area contributed by atoms with Gasteiger partial charge in [-0.05, 0) is 61.9 Å². The van der Waals surface area contributed by atoms with Crippen LogP contribution in [0.1, 0.15) is 44.1 Å². The SMILES string of the molecule is CNCc1cc(Br)ccc1N1CCC2(CCCC2)CC1. The third kappa shape index (κ3) is 2.89. The number of benzene rings is 1. The highest BCUT2D eigenvalue weighted by Crippen LogP contribution is 2.46. The highest BCUT2D eigenvalue weighted by Gasteiger charge is 2.37. The fourth-order valence-electron chi connectivity index (χ4n) is 4.04. The second-order valence-corrected chi connectivity index (χ2v) is 7.41. The standard InChI is InChI=1S/C17H25BrN2/c1-19-13-14-12-15(18)4-5-16(14)20-10-8-17(9-11-20)6-2-3-7-17/h4-5,12,19H,2-3,6-11,13H2,1H3. The number of nitrogens with one attached hydrogen (secondary N) is 1. The van der Waals surface area contributed by atoms with Gasteiger partial charge in [-0.25, -0.2) is 0 Å². The van der Waals surface area contributed by atoms with Gasteiger partial charge in [0.25, 0.3) is 0 Å². The van der Waals surface area contributed by atoms with E-state index < -0.39 is 0 Å². The van der Waals surface area contributed by atoms with Gasteiger partial charge >= 0.3 is 0 Å². The monoisotopic (exact) mass is 336 g/mol. The van der Waals surface area contributed by atoms with Crippen LogP contribution in [0.3, 0.4) is 0 Å². The average Bonchev–Trinajstić information content (AvgIpc) is 2.89. The summed E-state index contributed by atoms with van der Waals surface area (Å²) < 4.78 is 1.18. The number of hydrogen-bond acceptors (Lipinski definition) is 2. The minimum atomic E-state index is 0.703. The Balaban J connectivity index is 1.74. The first-order chi connectivity index (χ1) is 9.72. The van der Waals surface area contributed by atoms with Crippen LogP contribution in [0, 0.1) is 5.41 Å². The quantitative estimate of drug-likeness (QED) is 0.883. The van der Waals surface area contributed by atoms with Crippen molar-refractivity contribution in [2.75, 3.05) is 25.0 Å². The molecule has 0 unspecified atom stereocenters. The van der Waals surface area contributed by atoms with Crippen LogP contribution < -0.4 is 10.2 Å². The van der Waals surface area contributed by atoms with E-state index in [4.69, 9.17) is 0 Å². The smallest absolute Gasteiger partial charge is 0.0412 e. The molecule has 0 aromatic heterocycles. The summed E-state index contributed by atoms with van der Waals surface area (Å²) in [6.45, 7) is 3.41. The van der Waals surface area contributed by atoms with Crippen LogP contribution in [0.5, 0.6) is 0 Å². The third-order valence-corrected chi connectivity index (χ3v) is 5.73. The molecule has 1 aromatic carbocycles. The van der Waals surface area contributed by atoms with Crippen molar-refractivity contribution in [2.45, 2.75) is 45.1 Å². The molecule has 1 saturated carbocycles.